The van der Waals surface area contributed by atoms with Gasteiger partial charge in [0.15, 0.2) is 18.2 Å². The van der Waals surface area contributed by atoms with Crippen LogP contribution >= 0.6 is 0 Å². The summed E-state index contributed by atoms with van der Waals surface area (Å²) in [6.07, 6.45) is 4.61. The molecule has 1 amide bonds. The van der Waals surface area contributed by atoms with Crippen LogP contribution in [0.5, 0.6) is 5.75 Å². The highest BCUT2D eigenvalue weighted by molar-refractivity contribution is 7.90. The van der Waals surface area contributed by atoms with E-state index in [0.717, 1.165) is 18.9 Å². The van der Waals surface area contributed by atoms with E-state index in [4.69, 9.17) is 9.47 Å². The topological polar surface area (TPSA) is 84.9 Å². The lowest BCUT2D eigenvalue weighted by Gasteiger charge is -2.32. The van der Waals surface area contributed by atoms with Crippen LogP contribution in [0.15, 0.2) is 12.1 Å². The third-order valence-electron chi connectivity index (χ3n) is 7.14. The molecule has 3 aliphatic heterocycles. The van der Waals surface area contributed by atoms with Gasteiger partial charge in [-0.25, -0.2) is 21.9 Å². The van der Waals surface area contributed by atoms with Crippen LogP contribution in [0, 0.1) is 11.6 Å². The molecule has 0 aromatic heterocycles. The molecule has 1 aromatic rings. The standard InChI is InChI=1S/C22H28F2N2O5S/c23-14-9-17-13-1-3-15(4-2-13)30-11-20-19(25-32(28,29)16-5-6-16)7-8-26(20)21(27)12-31-22(17)18(24)10-14/h9-10,13,15-16,19-20,25H,1-8,11-12H2. The van der Waals surface area contributed by atoms with Gasteiger partial charge in [0, 0.05) is 24.2 Å². The summed E-state index contributed by atoms with van der Waals surface area (Å²) in [6.45, 7) is 0.194. The maximum Gasteiger partial charge on any atom is 0.260 e. The van der Waals surface area contributed by atoms with Crippen molar-refractivity contribution in [3.63, 3.8) is 0 Å². The van der Waals surface area contributed by atoms with Gasteiger partial charge in [-0.3, -0.25) is 4.79 Å². The molecule has 32 heavy (non-hydrogen) atoms. The second kappa shape index (κ2) is 8.53. The van der Waals surface area contributed by atoms with Crippen LogP contribution in [0.3, 0.4) is 0 Å². The van der Waals surface area contributed by atoms with E-state index in [0.29, 0.717) is 44.2 Å². The van der Waals surface area contributed by atoms with E-state index < -0.39 is 40.3 Å². The zero-order valence-electron chi connectivity index (χ0n) is 17.8. The third-order valence-corrected chi connectivity index (χ3v) is 9.12. The first-order valence-electron chi connectivity index (χ1n) is 11.4. The first kappa shape index (κ1) is 22.0. The molecule has 2 saturated carbocycles. The molecular formula is C22H28F2N2O5S. The van der Waals surface area contributed by atoms with Crippen LogP contribution in [0.4, 0.5) is 8.78 Å². The number of ether oxygens (including phenoxy) is 2. The van der Waals surface area contributed by atoms with Gasteiger partial charge in [0.05, 0.1) is 24.0 Å². The smallest absolute Gasteiger partial charge is 0.260 e. The average molecular weight is 471 g/mol. The number of nitrogens with one attached hydrogen (secondary N) is 1. The summed E-state index contributed by atoms with van der Waals surface area (Å²) < 4.78 is 68.1. The minimum atomic E-state index is -3.42. The fraction of sp³-hybridized carbons (Fsp3) is 0.682. The Morgan fingerprint density at radius 1 is 1.03 bits per heavy atom. The molecule has 5 aliphatic rings. The number of sulfonamides is 1. The van der Waals surface area contributed by atoms with E-state index in [-0.39, 0.29) is 35.5 Å². The average Bonchev–Trinajstić information content (AvgIpc) is 3.54. The highest BCUT2D eigenvalue weighted by Crippen LogP contribution is 2.40. The molecular weight excluding hydrogens is 442 g/mol. The number of carbonyl (C=O) groups excluding carboxylic acids is 1. The normalized spacial score (nSPS) is 31.2. The summed E-state index contributed by atoms with van der Waals surface area (Å²) in [4.78, 5) is 14.6. The number of hydrogen-bond acceptors (Lipinski definition) is 5. The summed E-state index contributed by atoms with van der Waals surface area (Å²) in [6, 6.07) is 1.20. The Morgan fingerprint density at radius 3 is 2.50 bits per heavy atom. The van der Waals surface area contributed by atoms with Crippen molar-refractivity contribution >= 4 is 15.9 Å². The van der Waals surface area contributed by atoms with Crippen LogP contribution in [-0.4, -0.2) is 62.4 Å². The van der Waals surface area contributed by atoms with Crippen LogP contribution in [0.2, 0.25) is 0 Å². The number of amides is 1. The van der Waals surface area contributed by atoms with Gasteiger partial charge >= 0.3 is 0 Å². The molecule has 0 radical (unpaired) electrons. The minimum absolute atomic E-state index is 0.0342. The fourth-order valence-electron chi connectivity index (χ4n) is 5.22. The molecule has 2 bridgehead atoms. The van der Waals surface area contributed by atoms with Crippen LogP contribution in [0.25, 0.3) is 0 Å². The molecule has 2 unspecified atom stereocenters. The number of fused-ring (bicyclic) bond motifs is 5. The van der Waals surface area contributed by atoms with Crippen molar-refractivity contribution in [3.05, 3.63) is 29.3 Å². The lowest BCUT2D eigenvalue weighted by molar-refractivity contribution is -0.136. The second-order valence-corrected chi connectivity index (χ2v) is 11.3. The highest BCUT2D eigenvalue weighted by Gasteiger charge is 2.44. The van der Waals surface area contributed by atoms with E-state index >= 15 is 0 Å². The van der Waals surface area contributed by atoms with Crippen molar-refractivity contribution in [2.24, 2.45) is 0 Å². The number of nitrogens with zero attached hydrogens (tertiary/aromatic N) is 1. The predicted molar refractivity (Wildman–Crippen MR) is 112 cm³/mol. The lowest BCUT2D eigenvalue weighted by atomic mass is 9.82. The number of benzene rings is 1. The fourth-order valence-corrected chi connectivity index (χ4v) is 6.87. The molecule has 1 N–H and O–H groups in total. The Morgan fingerprint density at radius 2 is 1.78 bits per heavy atom. The van der Waals surface area contributed by atoms with E-state index in [2.05, 4.69) is 4.72 Å². The second-order valence-electron chi connectivity index (χ2n) is 9.31. The van der Waals surface area contributed by atoms with Crippen molar-refractivity contribution in [2.75, 3.05) is 19.8 Å². The summed E-state index contributed by atoms with van der Waals surface area (Å²) in [5.74, 6) is -1.97. The Labute approximate surface area is 186 Å². The van der Waals surface area contributed by atoms with E-state index in [1.54, 1.807) is 4.90 Å². The summed E-state index contributed by atoms with van der Waals surface area (Å²) in [5, 5.41) is -0.346. The SMILES string of the molecule is O=C1COc2c(F)cc(F)cc2C2CCC(CC2)OCC2C(NS(=O)(=O)C3CC3)CCN12. The van der Waals surface area contributed by atoms with Gasteiger partial charge in [-0.15, -0.1) is 0 Å². The third kappa shape index (κ3) is 4.36. The van der Waals surface area contributed by atoms with Crippen LogP contribution in [0.1, 0.15) is 56.4 Å². The molecule has 2 aliphatic carbocycles. The number of hydrogen-bond donors (Lipinski definition) is 1. The molecule has 1 aromatic carbocycles. The number of rotatable bonds is 3. The van der Waals surface area contributed by atoms with Crippen molar-refractivity contribution in [3.8, 4) is 5.75 Å². The Bertz CT molecular complexity index is 992. The van der Waals surface area contributed by atoms with Gasteiger partial charge in [-0.2, -0.15) is 0 Å². The van der Waals surface area contributed by atoms with Gasteiger partial charge < -0.3 is 14.4 Å². The van der Waals surface area contributed by atoms with E-state index in [1.165, 1.54) is 6.07 Å². The lowest BCUT2D eigenvalue weighted by Crippen LogP contribution is -2.51. The maximum atomic E-state index is 14.6. The minimum Gasteiger partial charge on any atom is -0.480 e. The first-order chi connectivity index (χ1) is 15.3. The summed E-state index contributed by atoms with van der Waals surface area (Å²) in [7, 11) is -3.42. The Hall–Kier alpha value is -1.78. The molecule has 7 nitrogen and oxygen atoms in total. The zero-order chi connectivity index (χ0) is 22.5. The Balaban J connectivity index is 1.41. The largest absolute Gasteiger partial charge is 0.480 e. The molecule has 2 atom stereocenters. The van der Waals surface area contributed by atoms with Crippen molar-refractivity contribution in [2.45, 2.75) is 74.3 Å². The number of carbonyl (C=O) groups is 1. The van der Waals surface area contributed by atoms with Gasteiger partial charge in [0.2, 0.25) is 10.0 Å². The van der Waals surface area contributed by atoms with Crippen molar-refractivity contribution < 1.29 is 31.5 Å². The summed E-state index contributed by atoms with van der Waals surface area (Å²) >= 11 is 0. The molecule has 10 heteroatoms. The predicted octanol–water partition coefficient (Wildman–Crippen LogP) is 2.45. The monoisotopic (exact) mass is 470 g/mol. The van der Waals surface area contributed by atoms with Gasteiger partial charge in [0.1, 0.15) is 5.82 Å². The summed E-state index contributed by atoms with van der Waals surface area (Å²) in [5.41, 5.74) is 0.459. The zero-order valence-corrected chi connectivity index (χ0v) is 18.6. The maximum absolute atomic E-state index is 14.6. The van der Waals surface area contributed by atoms with Gasteiger partial charge in [-0.05, 0) is 56.9 Å². The number of halogens is 2. The van der Waals surface area contributed by atoms with E-state index in [1.807, 2.05) is 0 Å². The first-order valence-corrected chi connectivity index (χ1v) is 12.9. The molecule has 3 fully saturated rings. The molecule has 0 spiro atoms. The van der Waals surface area contributed by atoms with Crippen molar-refractivity contribution in [1.82, 2.24) is 9.62 Å². The van der Waals surface area contributed by atoms with Gasteiger partial charge in [0.25, 0.3) is 5.91 Å². The van der Waals surface area contributed by atoms with Crippen molar-refractivity contribution in [1.29, 1.82) is 0 Å². The van der Waals surface area contributed by atoms with E-state index in [9.17, 15) is 22.0 Å². The molecule has 3 heterocycles. The molecule has 6 rings (SSSR count). The molecule has 1 saturated heterocycles. The highest BCUT2D eigenvalue weighted by atomic mass is 32.2. The van der Waals surface area contributed by atoms with Gasteiger partial charge in [-0.1, -0.05) is 0 Å². The van der Waals surface area contributed by atoms with Crippen LogP contribution in [-0.2, 0) is 19.6 Å². The Kier molecular flexibility index (Phi) is 5.88. The quantitative estimate of drug-likeness (QED) is 0.734. The van der Waals surface area contributed by atoms with Crippen LogP contribution < -0.4 is 9.46 Å². The molecule has 176 valence electrons.